The summed E-state index contributed by atoms with van der Waals surface area (Å²) in [5.41, 5.74) is 0.505. The highest BCUT2D eigenvalue weighted by atomic mass is 32.2. The molecular weight excluding hydrogens is 330 g/mol. The molecule has 2 aromatic rings. The van der Waals surface area contributed by atoms with Crippen LogP contribution >= 0.6 is 0 Å². The molecule has 128 valence electrons. The van der Waals surface area contributed by atoms with Crippen molar-refractivity contribution < 1.29 is 22.4 Å². The highest BCUT2D eigenvalue weighted by Gasteiger charge is 2.24. The predicted octanol–water partition coefficient (Wildman–Crippen LogP) is 2.79. The second-order valence-electron chi connectivity index (χ2n) is 5.81. The second-order valence-corrected chi connectivity index (χ2v) is 7.84. The number of nitrogens with one attached hydrogen (secondary N) is 1. The fraction of sp³-hybridized carbons (Fsp3) is 0.353. The van der Waals surface area contributed by atoms with E-state index in [4.69, 9.17) is 9.15 Å². The summed E-state index contributed by atoms with van der Waals surface area (Å²) in [5.74, 6) is 0.473. The topological polar surface area (TPSA) is 85.6 Å². The van der Waals surface area contributed by atoms with Crippen molar-refractivity contribution in [2.24, 2.45) is 0 Å². The van der Waals surface area contributed by atoms with E-state index < -0.39 is 9.84 Å². The van der Waals surface area contributed by atoms with Crippen LogP contribution in [0.1, 0.15) is 29.2 Å². The number of furan rings is 1. The average molecular weight is 349 g/mol. The molecule has 1 saturated heterocycles. The van der Waals surface area contributed by atoms with Gasteiger partial charge in [-0.2, -0.15) is 0 Å². The van der Waals surface area contributed by atoms with E-state index in [0.29, 0.717) is 18.1 Å². The number of aryl methyl sites for hydroxylation is 1. The van der Waals surface area contributed by atoms with Gasteiger partial charge in [-0.05, 0) is 56.2 Å². The van der Waals surface area contributed by atoms with Crippen molar-refractivity contribution in [1.29, 1.82) is 0 Å². The first kappa shape index (κ1) is 16.7. The van der Waals surface area contributed by atoms with Gasteiger partial charge in [-0.15, -0.1) is 0 Å². The average Bonchev–Trinajstić information content (AvgIpc) is 3.19. The van der Waals surface area contributed by atoms with E-state index >= 15 is 0 Å². The van der Waals surface area contributed by atoms with Gasteiger partial charge in [-0.25, -0.2) is 8.42 Å². The number of hydrogen-bond acceptors (Lipinski definition) is 5. The Bertz CT molecular complexity index is 817. The Morgan fingerprint density at radius 3 is 2.54 bits per heavy atom. The molecule has 2 heterocycles. The van der Waals surface area contributed by atoms with Gasteiger partial charge in [-0.1, -0.05) is 0 Å². The SMILES string of the molecule is Cc1ccc(C(=O)Nc2ccc(S(=O)(=O)C[C@H]3CCCO3)cc2)o1. The molecular formula is C17H19NO5S. The second kappa shape index (κ2) is 6.78. The van der Waals surface area contributed by atoms with Crippen molar-refractivity contribution in [3.05, 3.63) is 47.9 Å². The van der Waals surface area contributed by atoms with Gasteiger partial charge in [0.25, 0.3) is 5.91 Å². The van der Waals surface area contributed by atoms with Crippen LogP contribution in [-0.4, -0.2) is 32.8 Å². The lowest BCUT2D eigenvalue weighted by Gasteiger charge is -2.11. The molecule has 1 aliphatic rings. The van der Waals surface area contributed by atoms with Crippen LogP contribution in [0.2, 0.25) is 0 Å². The van der Waals surface area contributed by atoms with Crippen LogP contribution in [0.15, 0.2) is 45.7 Å². The number of ether oxygens (including phenoxy) is 1. The summed E-state index contributed by atoms with van der Waals surface area (Å²) in [4.78, 5) is 12.2. The van der Waals surface area contributed by atoms with Crippen molar-refractivity contribution in [3.8, 4) is 0 Å². The molecule has 24 heavy (non-hydrogen) atoms. The third-order valence-corrected chi connectivity index (χ3v) is 5.67. The zero-order valence-corrected chi connectivity index (χ0v) is 14.1. The van der Waals surface area contributed by atoms with E-state index in [1.807, 2.05) is 0 Å². The maximum atomic E-state index is 12.4. The number of carbonyl (C=O) groups is 1. The van der Waals surface area contributed by atoms with Gasteiger partial charge in [0.1, 0.15) is 5.76 Å². The largest absolute Gasteiger partial charge is 0.456 e. The molecule has 1 aliphatic heterocycles. The van der Waals surface area contributed by atoms with Crippen molar-refractivity contribution in [1.82, 2.24) is 0 Å². The third-order valence-electron chi connectivity index (χ3n) is 3.86. The number of hydrogen-bond donors (Lipinski definition) is 1. The van der Waals surface area contributed by atoms with E-state index in [2.05, 4.69) is 5.32 Å². The molecule has 0 unspecified atom stereocenters. The maximum absolute atomic E-state index is 12.4. The molecule has 1 aromatic heterocycles. The Morgan fingerprint density at radius 1 is 1.21 bits per heavy atom. The number of carbonyl (C=O) groups excluding carboxylic acids is 1. The third kappa shape index (κ3) is 3.85. The molecule has 0 spiro atoms. The van der Waals surface area contributed by atoms with E-state index in [-0.39, 0.29) is 28.4 Å². The molecule has 1 atom stereocenters. The fourth-order valence-corrected chi connectivity index (χ4v) is 4.11. The zero-order valence-electron chi connectivity index (χ0n) is 13.3. The van der Waals surface area contributed by atoms with Gasteiger partial charge >= 0.3 is 0 Å². The first-order valence-electron chi connectivity index (χ1n) is 7.76. The number of benzene rings is 1. The molecule has 1 N–H and O–H groups in total. The molecule has 0 aliphatic carbocycles. The molecule has 0 bridgehead atoms. The predicted molar refractivity (Wildman–Crippen MR) is 88.9 cm³/mol. The molecule has 3 rings (SSSR count). The van der Waals surface area contributed by atoms with Gasteiger partial charge in [0, 0.05) is 12.3 Å². The van der Waals surface area contributed by atoms with Crippen LogP contribution in [0.5, 0.6) is 0 Å². The van der Waals surface area contributed by atoms with Gasteiger partial charge in [0.05, 0.1) is 16.8 Å². The first-order valence-corrected chi connectivity index (χ1v) is 9.41. The van der Waals surface area contributed by atoms with Crippen LogP contribution in [0.3, 0.4) is 0 Å². The normalized spacial score (nSPS) is 17.8. The summed E-state index contributed by atoms with van der Waals surface area (Å²) in [5, 5.41) is 2.67. The number of amides is 1. The van der Waals surface area contributed by atoms with E-state index in [1.54, 1.807) is 31.2 Å². The Balaban J connectivity index is 1.67. The van der Waals surface area contributed by atoms with E-state index in [1.165, 1.54) is 12.1 Å². The number of sulfone groups is 1. The van der Waals surface area contributed by atoms with Crippen LogP contribution < -0.4 is 5.32 Å². The minimum absolute atomic E-state index is 0.00955. The number of anilines is 1. The molecule has 0 saturated carbocycles. The van der Waals surface area contributed by atoms with E-state index in [9.17, 15) is 13.2 Å². The fourth-order valence-electron chi connectivity index (χ4n) is 2.61. The van der Waals surface area contributed by atoms with Crippen LogP contribution in [0.4, 0.5) is 5.69 Å². The van der Waals surface area contributed by atoms with Gasteiger partial charge in [-0.3, -0.25) is 4.79 Å². The zero-order chi connectivity index (χ0) is 17.2. The Hall–Kier alpha value is -2.12. The standard InChI is InChI=1S/C17H19NO5S/c1-12-4-9-16(23-12)17(19)18-13-5-7-15(8-6-13)24(20,21)11-14-3-2-10-22-14/h4-9,14H,2-3,10-11H2,1H3,(H,18,19)/t14-/m1/s1. The van der Waals surface area contributed by atoms with Crippen LogP contribution in [0, 0.1) is 6.92 Å². The monoisotopic (exact) mass is 349 g/mol. The summed E-state index contributed by atoms with van der Waals surface area (Å²) < 4.78 is 35.4. The Labute approximate surface area is 140 Å². The lowest BCUT2D eigenvalue weighted by molar-refractivity contribution is 0.0995. The maximum Gasteiger partial charge on any atom is 0.291 e. The minimum atomic E-state index is -3.39. The van der Waals surface area contributed by atoms with Crippen molar-refractivity contribution in [2.75, 3.05) is 17.7 Å². The van der Waals surface area contributed by atoms with Crippen molar-refractivity contribution >= 4 is 21.4 Å². The lowest BCUT2D eigenvalue weighted by Crippen LogP contribution is -2.20. The number of rotatable bonds is 5. The van der Waals surface area contributed by atoms with Gasteiger partial charge < -0.3 is 14.5 Å². The van der Waals surface area contributed by atoms with Crippen molar-refractivity contribution in [2.45, 2.75) is 30.8 Å². The smallest absolute Gasteiger partial charge is 0.291 e. The van der Waals surface area contributed by atoms with Gasteiger partial charge in [0.15, 0.2) is 15.6 Å². The van der Waals surface area contributed by atoms with Crippen LogP contribution in [-0.2, 0) is 14.6 Å². The summed E-state index contributed by atoms with van der Waals surface area (Å²) >= 11 is 0. The molecule has 1 fully saturated rings. The van der Waals surface area contributed by atoms with Crippen LogP contribution in [0.25, 0.3) is 0 Å². The quantitative estimate of drug-likeness (QED) is 0.897. The van der Waals surface area contributed by atoms with E-state index in [0.717, 1.165) is 12.8 Å². The molecule has 1 amide bonds. The summed E-state index contributed by atoms with van der Waals surface area (Å²) in [6.45, 7) is 2.38. The minimum Gasteiger partial charge on any atom is -0.456 e. The highest BCUT2D eigenvalue weighted by molar-refractivity contribution is 7.91. The highest BCUT2D eigenvalue weighted by Crippen LogP contribution is 2.21. The molecule has 0 radical (unpaired) electrons. The summed E-state index contributed by atoms with van der Waals surface area (Å²) in [6, 6.07) is 9.41. The summed E-state index contributed by atoms with van der Waals surface area (Å²) in [7, 11) is -3.39. The molecule has 1 aromatic carbocycles. The summed E-state index contributed by atoms with van der Waals surface area (Å²) in [6.07, 6.45) is 1.45. The Morgan fingerprint density at radius 2 is 1.96 bits per heavy atom. The molecule has 7 heteroatoms. The lowest BCUT2D eigenvalue weighted by atomic mass is 10.3. The first-order chi connectivity index (χ1) is 11.4. The van der Waals surface area contributed by atoms with Gasteiger partial charge in [0.2, 0.25) is 0 Å². The molecule has 6 nitrogen and oxygen atoms in total. The van der Waals surface area contributed by atoms with Crippen molar-refractivity contribution in [3.63, 3.8) is 0 Å². The Kier molecular flexibility index (Phi) is 4.73.